The van der Waals surface area contributed by atoms with Gasteiger partial charge in [-0.2, -0.15) is 0 Å². The van der Waals surface area contributed by atoms with E-state index in [1.165, 1.54) is 0 Å². The molecule has 0 aliphatic rings. The summed E-state index contributed by atoms with van der Waals surface area (Å²) in [6.07, 6.45) is 2.48. The minimum Gasteiger partial charge on any atom is -0.326 e. The molecule has 0 atom stereocenters. The molecule has 0 N–H and O–H groups in total. The molecule has 12 heavy (non-hydrogen) atoms. The van der Waals surface area contributed by atoms with Gasteiger partial charge in [0, 0.05) is 12.5 Å². The second-order valence-electron chi connectivity index (χ2n) is 3.06. The summed E-state index contributed by atoms with van der Waals surface area (Å²) in [6, 6.07) is 0. The highest BCUT2D eigenvalue weighted by Crippen LogP contribution is 2.13. The van der Waals surface area contributed by atoms with Crippen molar-refractivity contribution >= 4 is 6.29 Å². The molecule has 0 aliphatic heterocycles. The average molecular weight is 166 g/mol. The molecule has 3 heteroatoms. The van der Waals surface area contributed by atoms with Gasteiger partial charge in [-0.25, -0.2) is 4.98 Å². The van der Waals surface area contributed by atoms with Crippen LogP contribution >= 0.6 is 0 Å². The zero-order valence-corrected chi connectivity index (χ0v) is 7.74. The van der Waals surface area contributed by atoms with Crippen LogP contribution in [0.4, 0.5) is 0 Å². The van der Waals surface area contributed by atoms with Gasteiger partial charge in [0.05, 0.1) is 6.20 Å². The summed E-state index contributed by atoms with van der Waals surface area (Å²) >= 11 is 0. The van der Waals surface area contributed by atoms with Crippen molar-refractivity contribution in [1.82, 2.24) is 9.55 Å². The summed E-state index contributed by atoms with van der Waals surface area (Å²) in [5.41, 5.74) is 0.668. The lowest BCUT2D eigenvalue weighted by molar-refractivity contribution is 0.111. The van der Waals surface area contributed by atoms with E-state index < -0.39 is 0 Å². The Morgan fingerprint density at radius 1 is 1.67 bits per heavy atom. The van der Waals surface area contributed by atoms with Crippen LogP contribution < -0.4 is 0 Å². The molecule has 1 aromatic heterocycles. The molecule has 1 aromatic rings. The smallest absolute Gasteiger partial charge is 0.168 e. The molecule has 0 aromatic carbocycles. The molecular formula is C9H14N2O. The Kier molecular flexibility index (Phi) is 2.63. The first kappa shape index (κ1) is 8.97. The molecule has 0 radical (unpaired) electrons. The molecule has 0 spiro atoms. The molecule has 0 aliphatic carbocycles. The Morgan fingerprint density at radius 2 is 2.33 bits per heavy atom. The van der Waals surface area contributed by atoms with Gasteiger partial charge in [0.25, 0.3) is 0 Å². The molecular weight excluding hydrogens is 152 g/mol. The normalized spacial score (nSPS) is 10.7. The number of hydrogen-bond acceptors (Lipinski definition) is 2. The monoisotopic (exact) mass is 166 g/mol. The third kappa shape index (κ3) is 1.40. The molecule has 3 nitrogen and oxygen atoms in total. The van der Waals surface area contributed by atoms with E-state index in [-0.39, 0.29) is 0 Å². The van der Waals surface area contributed by atoms with Crippen LogP contribution in [0.2, 0.25) is 0 Å². The van der Waals surface area contributed by atoms with Gasteiger partial charge in [0.1, 0.15) is 11.5 Å². The van der Waals surface area contributed by atoms with Crippen molar-refractivity contribution in [2.45, 2.75) is 33.2 Å². The minimum atomic E-state index is 0.374. The van der Waals surface area contributed by atoms with Crippen molar-refractivity contribution in [3.63, 3.8) is 0 Å². The Morgan fingerprint density at radius 3 is 2.75 bits per heavy atom. The molecule has 0 fully saturated rings. The topological polar surface area (TPSA) is 34.9 Å². The molecule has 0 saturated carbocycles. The molecule has 0 amide bonds. The van der Waals surface area contributed by atoms with Gasteiger partial charge in [0.2, 0.25) is 0 Å². The number of rotatable bonds is 3. The fourth-order valence-corrected chi connectivity index (χ4v) is 1.30. The summed E-state index contributed by atoms with van der Waals surface area (Å²) in [6.45, 7) is 6.97. The van der Waals surface area contributed by atoms with E-state index >= 15 is 0 Å². The molecule has 66 valence electrons. The van der Waals surface area contributed by atoms with Gasteiger partial charge >= 0.3 is 0 Å². The number of carbonyl (C=O) groups excluding carboxylic acids is 1. The van der Waals surface area contributed by atoms with E-state index in [4.69, 9.17) is 0 Å². The second kappa shape index (κ2) is 3.52. The third-order valence-corrected chi connectivity index (χ3v) is 1.87. The van der Waals surface area contributed by atoms with Gasteiger partial charge < -0.3 is 4.57 Å². The zero-order valence-electron chi connectivity index (χ0n) is 7.74. The summed E-state index contributed by atoms with van der Waals surface area (Å²) in [5, 5.41) is 0. The van der Waals surface area contributed by atoms with E-state index in [2.05, 4.69) is 18.8 Å². The molecule has 0 bridgehead atoms. The van der Waals surface area contributed by atoms with E-state index in [0.717, 1.165) is 18.7 Å². The van der Waals surface area contributed by atoms with Crippen LogP contribution in [-0.2, 0) is 6.54 Å². The average Bonchev–Trinajstić information content (AvgIpc) is 2.46. The number of carbonyl (C=O) groups is 1. The third-order valence-electron chi connectivity index (χ3n) is 1.87. The summed E-state index contributed by atoms with van der Waals surface area (Å²) in [4.78, 5) is 14.8. The summed E-state index contributed by atoms with van der Waals surface area (Å²) < 4.78 is 1.94. The molecule has 1 rings (SSSR count). The first-order valence-corrected chi connectivity index (χ1v) is 4.21. The Hall–Kier alpha value is -1.12. The minimum absolute atomic E-state index is 0.374. The van der Waals surface area contributed by atoms with Crippen LogP contribution in [0, 0.1) is 0 Å². The van der Waals surface area contributed by atoms with Gasteiger partial charge in [-0.1, -0.05) is 13.8 Å². The SMILES string of the molecule is CCn1c(C=O)cnc1C(C)C. The van der Waals surface area contributed by atoms with Crippen molar-refractivity contribution in [1.29, 1.82) is 0 Å². The van der Waals surface area contributed by atoms with Crippen molar-refractivity contribution in [3.05, 3.63) is 17.7 Å². The predicted molar refractivity (Wildman–Crippen MR) is 47.4 cm³/mol. The van der Waals surface area contributed by atoms with Crippen LogP contribution in [0.3, 0.4) is 0 Å². The fourth-order valence-electron chi connectivity index (χ4n) is 1.30. The van der Waals surface area contributed by atoms with Crippen molar-refractivity contribution < 1.29 is 4.79 Å². The summed E-state index contributed by atoms with van der Waals surface area (Å²) in [5.74, 6) is 1.36. The van der Waals surface area contributed by atoms with Crippen LogP contribution in [0.1, 0.15) is 43.0 Å². The first-order valence-electron chi connectivity index (χ1n) is 4.21. The lowest BCUT2D eigenvalue weighted by Gasteiger charge is -2.08. The zero-order chi connectivity index (χ0) is 9.14. The maximum Gasteiger partial charge on any atom is 0.168 e. The Balaban J connectivity index is 3.13. The Bertz CT molecular complexity index is 276. The first-order chi connectivity index (χ1) is 5.70. The van der Waals surface area contributed by atoms with E-state index in [0.29, 0.717) is 11.6 Å². The highest BCUT2D eigenvalue weighted by atomic mass is 16.1. The van der Waals surface area contributed by atoms with Gasteiger partial charge in [-0.05, 0) is 6.92 Å². The van der Waals surface area contributed by atoms with Crippen molar-refractivity contribution in [3.8, 4) is 0 Å². The van der Waals surface area contributed by atoms with Crippen LogP contribution in [0.5, 0.6) is 0 Å². The highest BCUT2D eigenvalue weighted by Gasteiger charge is 2.09. The van der Waals surface area contributed by atoms with Gasteiger partial charge in [-0.15, -0.1) is 0 Å². The van der Waals surface area contributed by atoms with E-state index in [9.17, 15) is 4.79 Å². The molecule has 0 saturated heterocycles. The standard InChI is InChI=1S/C9H14N2O/c1-4-11-8(6-12)5-10-9(11)7(2)3/h5-7H,4H2,1-3H3. The largest absolute Gasteiger partial charge is 0.326 e. The van der Waals surface area contributed by atoms with Gasteiger partial charge in [0.15, 0.2) is 6.29 Å². The maximum atomic E-state index is 10.6. The maximum absolute atomic E-state index is 10.6. The Labute approximate surface area is 72.4 Å². The number of imidazole rings is 1. The number of aromatic nitrogens is 2. The second-order valence-corrected chi connectivity index (χ2v) is 3.06. The van der Waals surface area contributed by atoms with Gasteiger partial charge in [-0.3, -0.25) is 4.79 Å². The molecule has 1 heterocycles. The lowest BCUT2D eigenvalue weighted by Crippen LogP contribution is -2.06. The highest BCUT2D eigenvalue weighted by molar-refractivity contribution is 5.71. The lowest BCUT2D eigenvalue weighted by atomic mass is 10.2. The quantitative estimate of drug-likeness (QED) is 0.642. The number of hydrogen-bond donors (Lipinski definition) is 0. The van der Waals surface area contributed by atoms with E-state index in [1.807, 2.05) is 11.5 Å². The van der Waals surface area contributed by atoms with Crippen molar-refractivity contribution in [2.75, 3.05) is 0 Å². The van der Waals surface area contributed by atoms with Crippen LogP contribution in [0.15, 0.2) is 6.20 Å². The number of nitrogens with zero attached hydrogens (tertiary/aromatic N) is 2. The van der Waals surface area contributed by atoms with Crippen LogP contribution in [0.25, 0.3) is 0 Å². The van der Waals surface area contributed by atoms with Crippen molar-refractivity contribution in [2.24, 2.45) is 0 Å². The summed E-state index contributed by atoms with van der Waals surface area (Å²) in [7, 11) is 0. The predicted octanol–water partition coefficient (Wildman–Crippen LogP) is 1.84. The number of aldehydes is 1. The fraction of sp³-hybridized carbons (Fsp3) is 0.556. The van der Waals surface area contributed by atoms with E-state index in [1.54, 1.807) is 6.20 Å². The molecule has 0 unspecified atom stereocenters. The van der Waals surface area contributed by atoms with Crippen LogP contribution in [-0.4, -0.2) is 15.8 Å².